The summed E-state index contributed by atoms with van der Waals surface area (Å²) in [6.45, 7) is 4.83. The van der Waals surface area contributed by atoms with E-state index in [1.54, 1.807) is 4.90 Å². The van der Waals surface area contributed by atoms with Gasteiger partial charge >= 0.3 is 0 Å². The molecule has 1 aromatic heterocycles. The van der Waals surface area contributed by atoms with Crippen molar-refractivity contribution in [3.05, 3.63) is 59.7 Å². The van der Waals surface area contributed by atoms with Gasteiger partial charge in [-0.3, -0.25) is 14.5 Å². The summed E-state index contributed by atoms with van der Waals surface area (Å²) in [5.74, 6) is 1.03. The van der Waals surface area contributed by atoms with E-state index in [-0.39, 0.29) is 18.2 Å². The van der Waals surface area contributed by atoms with E-state index in [0.29, 0.717) is 18.2 Å². The van der Waals surface area contributed by atoms with Gasteiger partial charge in [-0.2, -0.15) is 0 Å². The van der Waals surface area contributed by atoms with Crippen LogP contribution in [0.15, 0.2) is 48.5 Å². The molecular formula is C24H27N5O2. The average Bonchev–Trinajstić information content (AvgIpc) is 2.90. The average molecular weight is 418 g/mol. The number of nitrogens with one attached hydrogen (secondary N) is 1. The number of hydrogen-bond acceptors (Lipinski definition) is 5. The fourth-order valence-corrected chi connectivity index (χ4v) is 3.92. The number of anilines is 2. The molecule has 3 aromatic rings. The maximum Gasteiger partial charge on any atom is 0.230 e. The van der Waals surface area contributed by atoms with Crippen molar-refractivity contribution in [3.63, 3.8) is 0 Å². The molecule has 2 amide bonds. The van der Waals surface area contributed by atoms with Crippen molar-refractivity contribution in [2.24, 2.45) is 0 Å². The highest BCUT2D eigenvalue weighted by Gasteiger charge is 2.29. The maximum atomic E-state index is 13.5. The number of fused-ring (bicyclic) bond motifs is 2. The Balaban J connectivity index is 1.68. The lowest BCUT2D eigenvalue weighted by Crippen LogP contribution is -2.37. The zero-order chi connectivity index (χ0) is 22.0. The Hall–Kier alpha value is -3.48. The Morgan fingerprint density at radius 1 is 1.00 bits per heavy atom. The second-order valence-electron chi connectivity index (χ2n) is 8.05. The predicted molar refractivity (Wildman–Crippen MR) is 122 cm³/mol. The van der Waals surface area contributed by atoms with Gasteiger partial charge in [0, 0.05) is 27.1 Å². The molecule has 1 atom stereocenters. The minimum Gasteiger partial charge on any atom is -0.357 e. The summed E-state index contributed by atoms with van der Waals surface area (Å²) in [7, 11) is 1.97. The minimum absolute atomic E-state index is 0.0829. The van der Waals surface area contributed by atoms with Gasteiger partial charge in [0.1, 0.15) is 0 Å². The lowest BCUT2D eigenvalue weighted by Gasteiger charge is -2.25. The van der Waals surface area contributed by atoms with Crippen molar-refractivity contribution in [1.29, 1.82) is 0 Å². The number of amides is 2. The molecule has 0 aliphatic carbocycles. The number of carbonyl (C=O) groups is 2. The number of benzene rings is 2. The Bertz CT molecular complexity index is 1110. The fraction of sp³-hybridized carbons (Fsp3) is 0.333. The van der Waals surface area contributed by atoms with Gasteiger partial charge in [-0.25, -0.2) is 9.97 Å². The zero-order valence-electron chi connectivity index (χ0n) is 18.1. The Kier molecular flexibility index (Phi) is 5.84. The monoisotopic (exact) mass is 417 g/mol. The van der Waals surface area contributed by atoms with Crippen LogP contribution < -0.4 is 15.1 Å². The van der Waals surface area contributed by atoms with Gasteiger partial charge in [0.25, 0.3) is 0 Å². The molecule has 0 bridgehead atoms. The van der Waals surface area contributed by atoms with Crippen molar-refractivity contribution in [2.75, 3.05) is 29.9 Å². The SMILES string of the molecule is CC(=O)NC(CC(=O)N1CCCN(C)c2nc3ccccc3nc21)c1ccc(C)cc1. The molecule has 7 heteroatoms. The molecule has 0 saturated carbocycles. The molecule has 0 saturated heterocycles. The molecule has 1 aliphatic rings. The first-order valence-corrected chi connectivity index (χ1v) is 10.5. The first-order valence-electron chi connectivity index (χ1n) is 10.5. The minimum atomic E-state index is -0.400. The summed E-state index contributed by atoms with van der Waals surface area (Å²) in [5.41, 5.74) is 3.60. The van der Waals surface area contributed by atoms with E-state index in [4.69, 9.17) is 9.97 Å². The van der Waals surface area contributed by atoms with E-state index >= 15 is 0 Å². The van der Waals surface area contributed by atoms with Crippen LogP contribution in [-0.4, -0.2) is 41.9 Å². The summed E-state index contributed by atoms with van der Waals surface area (Å²) < 4.78 is 0. The third kappa shape index (κ3) is 4.50. The van der Waals surface area contributed by atoms with Crippen LogP contribution in [0.25, 0.3) is 11.0 Å². The van der Waals surface area contributed by atoms with Crippen molar-refractivity contribution in [1.82, 2.24) is 15.3 Å². The molecular weight excluding hydrogens is 390 g/mol. The third-order valence-corrected chi connectivity index (χ3v) is 5.56. The maximum absolute atomic E-state index is 13.5. The van der Waals surface area contributed by atoms with Gasteiger partial charge in [0.2, 0.25) is 11.8 Å². The molecule has 1 unspecified atom stereocenters. The van der Waals surface area contributed by atoms with Crippen LogP contribution in [0, 0.1) is 6.92 Å². The zero-order valence-corrected chi connectivity index (χ0v) is 18.1. The summed E-state index contributed by atoms with van der Waals surface area (Å²) in [6.07, 6.45) is 0.965. The molecule has 160 valence electrons. The number of hydrogen-bond donors (Lipinski definition) is 1. The van der Waals surface area contributed by atoms with Crippen LogP contribution >= 0.6 is 0 Å². The molecule has 1 aliphatic heterocycles. The number of aromatic nitrogens is 2. The largest absolute Gasteiger partial charge is 0.357 e. The number of para-hydroxylation sites is 2. The van der Waals surface area contributed by atoms with Crippen molar-refractivity contribution < 1.29 is 9.59 Å². The van der Waals surface area contributed by atoms with Crippen LogP contribution in [0.5, 0.6) is 0 Å². The van der Waals surface area contributed by atoms with Crippen LogP contribution in [0.4, 0.5) is 11.6 Å². The number of aryl methyl sites for hydroxylation is 1. The summed E-state index contributed by atoms with van der Waals surface area (Å²) >= 11 is 0. The normalized spacial score (nSPS) is 14.7. The molecule has 2 heterocycles. The standard InChI is InChI=1S/C24H27N5O2/c1-16-9-11-18(12-10-16)21(25-17(2)30)15-22(31)29-14-6-13-28(3)23-24(29)27-20-8-5-4-7-19(20)26-23/h4-5,7-12,21H,6,13-15H2,1-3H3,(H,25,30). The van der Waals surface area contributed by atoms with E-state index in [1.165, 1.54) is 6.92 Å². The lowest BCUT2D eigenvalue weighted by molar-refractivity contribution is -0.121. The molecule has 7 nitrogen and oxygen atoms in total. The van der Waals surface area contributed by atoms with Crippen LogP contribution in [-0.2, 0) is 9.59 Å². The van der Waals surface area contributed by atoms with Crippen LogP contribution in [0.2, 0.25) is 0 Å². The van der Waals surface area contributed by atoms with Crippen LogP contribution in [0.1, 0.15) is 36.9 Å². The van der Waals surface area contributed by atoms with Crippen molar-refractivity contribution in [2.45, 2.75) is 32.7 Å². The molecule has 31 heavy (non-hydrogen) atoms. The molecule has 0 spiro atoms. The van der Waals surface area contributed by atoms with E-state index in [1.807, 2.05) is 67.4 Å². The number of nitrogens with zero attached hydrogens (tertiary/aromatic N) is 4. The second-order valence-corrected chi connectivity index (χ2v) is 8.05. The smallest absolute Gasteiger partial charge is 0.230 e. The van der Waals surface area contributed by atoms with E-state index in [9.17, 15) is 9.59 Å². The summed E-state index contributed by atoms with van der Waals surface area (Å²) in [4.78, 5) is 38.7. The van der Waals surface area contributed by atoms with Gasteiger partial charge in [-0.1, -0.05) is 42.0 Å². The number of carbonyl (C=O) groups excluding carboxylic acids is 2. The highest BCUT2D eigenvalue weighted by molar-refractivity contribution is 5.97. The third-order valence-electron chi connectivity index (χ3n) is 5.56. The molecule has 4 rings (SSSR count). The molecule has 2 aromatic carbocycles. The van der Waals surface area contributed by atoms with Gasteiger partial charge in [-0.05, 0) is 31.0 Å². The Morgan fingerprint density at radius 3 is 2.29 bits per heavy atom. The predicted octanol–water partition coefficient (Wildman–Crippen LogP) is 3.38. The van der Waals surface area contributed by atoms with Crippen molar-refractivity contribution >= 4 is 34.5 Å². The lowest BCUT2D eigenvalue weighted by atomic mass is 10.0. The van der Waals surface area contributed by atoms with Gasteiger partial charge in [0.15, 0.2) is 11.6 Å². The Morgan fingerprint density at radius 2 is 1.65 bits per heavy atom. The quantitative estimate of drug-likeness (QED) is 0.704. The van der Waals surface area contributed by atoms with Gasteiger partial charge in [-0.15, -0.1) is 0 Å². The number of rotatable bonds is 4. The first kappa shape index (κ1) is 20.8. The van der Waals surface area contributed by atoms with Crippen molar-refractivity contribution in [3.8, 4) is 0 Å². The summed E-state index contributed by atoms with van der Waals surface area (Å²) in [5, 5.41) is 2.93. The molecule has 1 N–H and O–H groups in total. The molecule has 0 fully saturated rings. The van der Waals surface area contributed by atoms with E-state index in [0.717, 1.165) is 35.1 Å². The topological polar surface area (TPSA) is 78.4 Å². The second kappa shape index (κ2) is 8.71. The van der Waals surface area contributed by atoms with Gasteiger partial charge in [0.05, 0.1) is 23.5 Å². The van der Waals surface area contributed by atoms with Gasteiger partial charge < -0.3 is 10.2 Å². The van der Waals surface area contributed by atoms with E-state index in [2.05, 4.69) is 5.32 Å². The first-order chi connectivity index (χ1) is 14.9. The molecule has 0 radical (unpaired) electrons. The summed E-state index contributed by atoms with van der Waals surface area (Å²) in [6, 6.07) is 15.2. The van der Waals surface area contributed by atoms with Crippen LogP contribution in [0.3, 0.4) is 0 Å². The Labute approximate surface area is 182 Å². The fourth-order valence-electron chi connectivity index (χ4n) is 3.92. The highest BCUT2D eigenvalue weighted by Crippen LogP contribution is 2.31. The van der Waals surface area contributed by atoms with E-state index < -0.39 is 6.04 Å². The highest BCUT2D eigenvalue weighted by atomic mass is 16.2.